The Hall–Kier alpha value is -1.51. The third-order valence-electron chi connectivity index (χ3n) is 3.58. The molecule has 2 N–H and O–H groups in total. The van der Waals surface area contributed by atoms with E-state index < -0.39 is 0 Å². The second-order valence-electron chi connectivity index (χ2n) is 5.09. The lowest BCUT2D eigenvalue weighted by Gasteiger charge is -2.16. The van der Waals surface area contributed by atoms with Crippen LogP contribution in [0.5, 0.6) is 0 Å². The van der Waals surface area contributed by atoms with Crippen molar-refractivity contribution in [2.45, 2.75) is 38.6 Å². The monoisotopic (exact) mass is 246 g/mol. The predicted octanol–water partition coefficient (Wildman–Crippen LogP) is 3.04. The Labute approximate surface area is 109 Å². The summed E-state index contributed by atoms with van der Waals surface area (Å²) >= 11 is 0. The molecule has 1 unspecified atom stereocenters. The van der Waals surface area contributed by atoms with Gasteiger partial charge in [-0.1, -0.05) is 19.8 Å². The van der Waals surface area contributed by atoms with Gasteiger partial charge in [-0.3, -0.25) is 4.79 Å². The summed E-state index contributed by atoms with van der Waals surface area (Å²) < 4.78 is 0. The number of amides is 1. The number of rotatable bonds is 6. The first-order valence-electron chi connectivity index (χ1n) is 6.81. The van der Waals surface area contributed by atoms with Gasteiger partial charge < -0.3 is 10.6 Å². The molecule has 1 atom stereocenters. The van der Waals surface area contributed by atoms with E-state index in [0.29, 0.717) is 6.04 Å². The van der Waals surface area contributed by atoms with E-state index in [1.54, 1.807) is 0 Å². The first-order valence-corrected chi connectivity index (χ1v) is 6.81. The van der Waals surface area contributed by atoms with Gasteiger partial charge in [0.15, 0.2) is 0 Å². The minimum absolute atomic E-state index is 0.0464. The molecule has 0 radical (unpaired) electrons. The van der Waals surface area contributed by atoms with Gasteiger partial charge in [0.25, 0.3) is 5.91 Å². The van der Waals surface area contributed by atoms with Crippen LogP contribution in [0.25, 0.3) is 0 Å². The number of carbonyl (C=O) groups is 1. The third-order valence-corrected chi connectivity index (χ3v) is 3.58. The molecule has 0 bridgehead atoms. The van der Waals surface area contributed by atoms with Crippen molar-refractivity contribution >= 4 is 11.6 Å². The second-order valence-corrected chi connectivity index (χ2v) is 5.09. The molecular weight excluding hydrogens is 224 g/mol. The van der Waals surface area contributed by atoms with Crippen LogP contribution in [-0.4, -0.2) is 19.0 Å². The molecule has 18 heavy (non-hydrogen) atoms. The molecule has 1 fully saturated rings. The number of benzene rings is 1. The smallest absolute Gasteiger partial charge is 0.251 e. The Morgan fingerprint density at radius 1 is 1.33 bits per heavy atom. The molecule has 0 aromatic heterocycles. The lowest BCUT2D eigenvalue weighted by Crippen LogP contribution is -2.34. The molecule has 98 valence electrons. The molecule has 1 amide bonds. The van der Waals surface area contributed by atoms with Gasteiger partial charge in [-0.2, -0.15) is 0 Å². The molecule has 0 heterocycles. The zero-order valence-corrected chi connectivity index (χ0v) is 11.2. The first kappa shape index (κ1) is 12.9. The minimum atomic E-state index is 0.0464. The van der Waals surface area contributed by atoms with Crippen LogP contribution in [0.3, 0.4) is 0 Å². The van der Waals surface area contributed by atoms with Gasteiger partial charge in [0.05, 0.1) is 0 Å². The zero-order valence-electron chi connectivity index (χ0n) is 11.2. The lowest BCUT2D eigenvalue weighted by atomic mass is 10.1. The van der Waals surface area contributed by atoms with Crippen molar-refractivity contribution in [2.24, 2.45) is 5.92 Å². The van der Waals surface area contributed by atoms with E-state index in [0.717, 1.165) is 30.0 Å². The van der Waals surface area contributed by atoms with E-state index in [1.165, 1.54) is 12.8 Å². The first-order chi connectivity index (χ1) is 8.72. The van der Waals surface area contributed by atoms with E-state index in [2.05, 4.69) is 17.6 Å². The SMILES string of the molecule is CCC(CC1CC1)NC(=O)c1ccc(NC)cc1. The summed E-state index contributed by atoms with van der Waals surface area (Å²) in [5.41, 5.74) is 1.76. The molecule has 0 spiro atoms. The summed E-state index contributed by atoms with van der Waals surface area (Å²) in [5, 5.41) is 6.18. The van der Waals surface area contributed by atoms with Gasteiger partial charge >= 0.3 is 0 Å². The quantitative estimate of drug-likeness (QED) is 0.810. The van der Waals surface area contributed by atoms with Crippen molar-refractivity contribution in [3.05, 3.63) is 29.8 Å². The van der Waals surface area contributed by atoms with E-state index >= 15 is 0 Å². The van der Waals surface area contributed by atoms with Gasteiger partial charge in [-0.05, 0) is 43.0 Å². The molecule has 3 nitrogen and oxygen atoms in total. The molecule has 1 aromatic carbocycles. The lowest BCUT2D eigenvalue weighted by molar-refractivity contribution is 0.0932. The number of hydrogen-bond donors (Lipinski definition) is 2. The number of hydrogen-bond acceptors (Lipinski definition) is 2. The largest absolute Gasteiger partial charge is 0.388 e. The maximum atomic E-state index is 12.1. The van der Waals surface area contributed by atoms with Crippen LogP contribution in [0.4, 0.5) is 5.69 Å². The summed E-state index contributed by atoms with van der Waals surface area (Å²) in [6.45, 7) is 2.14. The Morgan fingerprint density at radius 2 is 2.00 bits per heavy atom. The minimum Gasteiger partial charge on any atom is -0.388 e. The van der Waals surface area contributed by atoms with Gasteiger partial charge in [0.1, 0.15) is 0 Å². The van der Waals surface area contributed by atoms with E-state index in [4.69, 9.17) is 0 Å². The zero-order chi connectivity index (χ0) is 13.0. The second kappa shape index (κ2) is 5.89. The fourth-order valence-electron chi connectivity index (χ4n) is 2.14. The summed E-state index contributed by atoms with van der Waals surface area (Å²) in [6.07, 6.45) is 4.82. The van der Waals surface area contributed by atoms with Crippen LogP contribution in [0.2, 0.25) is 0 Å². The third kappa shape index (κ3) is 3.49. The maximum Gasteiger partial charge on any atom is 0.251 e. The molecule has 3 heteroatoms. The van der Waals surface area contributed by atoms with E-state index in [1.807, 2.05) is 31.3 Å². The van der Waals surface area contributed by atoms with Crippen molar-refractivity contribution in [1.82, 2.24) is 5.32 Å². The van der Waals surface area contributed by atoms with Crippen LogP contribution < -0.4 is 10.6 Å². The summed E-state index contributed by atoms with van der Waals surface area (Å²) in [5.74, 6) is 0.895. The van der Waals surface area contributed by atoms with Gasteiger partial charge in [-0.25, -0.2) is 0 Å². The average molecular weight is 246 g/mol. The van der Waals surface area contributed by atoms with E-state index in [-0.39, 0.29) is 5.91 Å². The fourth-order valence-corrected chi connectivity index (χ4v) is 2.14. The highest BCUT2D eigenvalue weighted by molar-refractivity contribution is 5.94. The van der Waals surface area contributed by atoms with Gasteiger partial charge in [-0.15, -0.1) is 0 Å². The van der Waals surface area contributed by atoms with Gasteiger partial charge in [0, 0.05) is 24.3 Å². The Balaban J connectivity index is 1.91. The summed E-state index contributed by atoms with van der Waals surface area (Å²) in [4.78, 5) is 12.1. The molecule has 0 saturated heterocycles. The van der Waals surface area contributed by atoms with Crippen molar-refractivity contribution in [2.75, 3.05) is 12.4 Å². The number of nitrogens with one attached hydrogen (secondary N) is 2. The van der Waals surface area contributed by atoms with Crippen molar-refractivity contribution < 1.29 is 4.79 Å². The highest BCUT2D eigenvalue weighted by Crippen LogP contribution is 2.34. The fraction of sp³-hybridized carbons (Fsp3) is 0.533. The van der Waals surface area contributed by atoms with Gasteiger partial charge in [0.2, 0.25) is 0 Å². The molecule has 1 saturated carbocycles. The van der Waals surface area contributed by atoms with Crippen LogP contribution in [0.15, 0.2) is 24.3 Å². The highest BCUT2D eigenvalue weighted by atomic mass is 16.1. The molecule has 1 aromatic rings. The molecule has 0 aliphatic heterocycles. The van der Waals surface area contributed by atoms with Crippen molar-refractivity contribution in [3.63, 3.8) is 0 Å². The Kier molecular flexibility index (Phi) is 4.24. The molecule has 1 aliphatic carbocycles. The van der Waals surface area contributed by atoms with Crippen LogP contribution in [0, 0.1) is 5.92 Å². The number of carbonyl (C=O) groups excluding carboxylic acids is 1. The van der Waals surface area contributed by atoms with Crippen LogP contribution >= 0.6 is 0 Å². The molecular formula is C15H22N2O. The van der Waals surface area contributed by atoms with Crippen LogP contribution in [-0.2, 0) is 0 Å². The van der Waals surface area contributed by atoms with Crippen LogP contribution in [0.1, 0.15) is 43.0 Å². The van der Waals surface area contributed by atoms with E-state index in [9.17, 15) is 4.79 Å². The topological polar surface area (TPSA) is 41.1 Å². The van der Waals surface area contributed by atoms with Crippen molar-refractivity contribution in [3.8, 4) is 0 Å². The standard InChI is InChI=1S/C15H22N2O/c1-3-13(10-11-4-5-11)17-15(18)12-6-8-14(16-2)9-7-12/h6-9,11,13,16H,3-5,10H2,1-2H3,(H,17,18). The molecule has 1 aliphatic rings. The summed E-state index contributed by atoms with van der Waals surface area (Å²) in [6, 6.07) is 7.91. The number of anilines is 1. The predicted molar refractivity (Wildman–Crippen MR) is 74.9 cm³/mol. The molecule has 2 rings (SSSR count). The highest BCUT2D eigenvalue weighted by Gasteiger charge is 2.25. The Morgan fingerprint density at radius 3 is 2.50 bits per heavy atom. The normalized spacial score (nSPS) is 16.1. The summed E-state index contributed by atoms with van der Waals surface area (Å²) in [7, 11) is 1.87. The average Bonchev–Trinajstić information content (AvgIpc) is 3.22. The Bertz CT molecular complexity index is 395. The van der Waals surface area contributed by atoms with Crippen molar-refractivity contribution in [1.29, 1.82) is 0 Å². The maximum absolute atomic E-state index is 12.1.